The average Bonchev–Trinajstić information content (AvgIpc) is 2.68. The van der Waals surface area contributed by atoms with Crippen molar-refractivity contribution < 1.29 is 23.9 Å². The second-order valence-corrected chi connectivity index (χ2v) is 6.46. The number of amides is 1. The van der Waals surface area contributed by atoms with Gasteiger partial charge in [-0.3, -0.25) is 4.79 Å². The number of aliphatic imine (C=N–C) groups is 1. The predicted molar refractivity (Wildman–Crippen MR) is 107 cm³/mol. The van der Waals surface area contributed by atoms with Crippen LogP contribution in [-0.2, 0) is 23.9 Å². The van der Waals surface area contributed by atoms with Gasteiger partial charge in [-0.05, 0) is 19.9 Å². The molecule has 2 aliphatic rings. The lowest BCUT2D eigenvalue weighted by molar-refractivity contribution is -0.146. The molecule has 2 aliphatic heterocycles. The van der Waals surface area contributed by atoms with Crippen LogP contribution >= 0.6 is 0 Å². The third-order valence-corrected chi connectivity index (χ3v) is 4.44. The first-order valence-corrected chi connectivity index (χ1v) is 9.35. The minimum absolute atomic E-state index is 0.0382. The molecule has 0 radical (unpaired) electrons. The molecule has 1 atom stereocenters. The standard InChI is InChI=1S/C20H22N4O5/c1-4-28-19(26)16(20(27)29-5-2)18-13-7-6-12(9-14(13)21-10-22-18)17-11(3)8-15(25)23-24-17/h6-7,9-11H,4-5,8H2,1-3H3,(H,21,22)(H,23,25). The van der Waals surface area contributed by atoms with Crippen molar-refractivity contribution in [1.29, 1.82) is 0 Å². The van der Waals surface area contributed by atoms with Crippen LogP contribution in [0.2, 0.25) is 0 Å². The minimum Gasteiger partial charge on any atom is -0.462 e. The highest BCUT2D eigenvalue weighted by molar-refractivity contribution is 6.21. The summed E-state index contributed by atoms with van der Waals surface area (Å²) in [5.41, 5.74) is 5.18. The van der Waals surface area contributed by atoms with Crippen molar-refractivity contribution in [3.63, 3.8) is 0 Å². The summed E-state index contributed by atoms with van der Waals surface area (Å²) in [4.78, 5) is 40.5. The summed E-state index contributed by atoms with van der Waals surface area (Å²) >= 11 is 0. The zero-order chi connectivity index (χ0) is 21.0. The van der Waals surface area contributed by atoms with E-state index in [1.165, 1.54) is 6.34 Å². The number of nitrogens with one attached hydrogen (secondary N) is 2. The first-order chi connectivity index (χ1) is 14.0. The van der Waals surface area contributed by atoms with Gasteiger partial charge in [0.1, 0.15) is 0 Å². The van der Waals surface area contributed by atoms with Gasteiger partial charge < -0.3 is 14.8 Å². The smallest absolute Gasteiger partial charge is 0.347 e. The molecular weight excluding hydrogens is 376 g/mol. The molecule has 0 bridgehead atoms. The number of ether oxygens (including phenoxy) is 2. The third kappa shape index (κ3) is 4.18. The van der Waals surface area contributed by atoms with Crippen molar-refractivity contribution in [3.8, 4) is 0 Å². The van der Waals surface area contributed by atoms with Gasteiger partial charge >= 0.3 is 11.9 Å². The fraction of sp³-hybridized carbons (Fsp3) is 0.350. The molecule has 2 N–H and O–H groups in total. The van der Waals surface area contributed by atoms with E-state index in [4.69, 9.17) is 9.47 Å². The number of nitrogens with zero attached hydrogens (tertiary/aromatic N) is 2. The van der Waals surface area contributed by atoms with Gasteiger partial charge in [0.15, 0.2) is 5.57 Å². The maximum absolute atomic E-state index is 12.4. The molecule has 1 unspecified atom stereocenters. The molecule has 29 heavy (non-hydrogen) atoms. The number of carbonyl (C=O) groups is 3. The SMILES string of the molecule is CCOC(=O)C(C(=O)OCC)=C1N=CNc2cc(C3=NNC(=O)CC3C)ccc21. The number of hydrogen-bond donors (Lipinski definition) is 2. The van der Waals surface area contributed by atoms with Gasteiger partial charge in [-0.2, -0.15) is 5.10 Å². The van der Waals surface area contributed by atoms with E-state index < -0.39 is 11.9 Å². The van der Waals surface area contributed by atoms with Crippen LogP contribution in [0.1, 0.15) is 38.3 Å². The Balaban J connectivity index is 2.06. The molecule has 1 aromatic carbocycles. The highest BCUT2D eigenvalue weighted by Gasteiger charge is 2.30. The van der Waals surface area contributed by atoms with Gasteiger partial charge in [0.05, 0.1) is 31.0 Å². The van der Waals surface area contributed by atoms with Crippen LogP contribution in [0.25, 0.3) is 5.70 Å². The molecule has 2 heterocycles. The van der Waals surface area contributed by atoms with Gasteiger partial charge in [-0.15, -0.1) is 0 Å². The van der Waals surface area contributed by atoms with Crippen LogP contribution in [0.5, 0.6) is 0 Å². The number of fused-ring (bicyclic) bond motifs is 1. The fourth-order valence-corrected chi connectivity index (χ4v) is 3.15. The summed E-state index contributed by atoms with van der Waals surface area (Å²) in [5.74, 6) is -1.74. The molecule has 0 aliphatic carbocycles. The van der Waals surface area contributed by atoms with Gasteiger partial charge in [0, 0.05) is 29.2 Å². The number of hydrazone groups is 1. The Morgan fingerprint density at radius 2 is 1.86 bits per heavy atom. The van der Waals surface area contributed by atoms with Crippen LogP contribution in [0.15, 0.2) is 33.9 Å². The zero-order valence-electron chi connectivity index (χ0n) is 16.4. The molecule has 1 amide bonds. The second-order valence-electron chi connectivity index (χ2n) is 6.46. The Labute approximate surface area is 167 Å². The topological polar surface area (TPSA) is 118 Å². The highest BCUT2D eigenvalue weighted by Crippen LogP contribution is 2.33. The molecule has 0 spiro atoms. The number of rotatable bonds is 5. The summed E-state index contributed by atoms with van der Waals surface area (Å²) in [6, 6.07) is 5.39. The van der Waals surface area contributed by atoms with E-state index in [1.807, 2.05) is 19.1 Å². The van der Waals surface area contributed by atoms with E-state index in [1.54, 1.807) is 19.9 Å². The van der Waals surface area contributed by atoms with E-state index in [0.29, 0.717) is 17.7 Å². The van der Waals surface area contributed by atoms with Crippen molar-refractivity contribution >= 4 is 41.3 Å². The minimum atomic E-state index is -0.789. The summed E-state index contributed by atoms with van der Waals surface area (Å²) in [6.07, 6.45) is 1.75. The lowest BCUT2D eigenvalue weighted by Crippen LogP contribution is -2.32. The van der Waals surface area contributed by atoms with E-state index in [9.17, 15) is 14.4 Å². The molecule has 9 nitrogen and oxygen atoms in total. The second kappa shape index (κ2) is 8.68. The van der Waals surface area contributed by atoms with E-state index in [0.717, 1.165) is 11.3 Å². The number of carbonyl (C=O) groups excluding carboxylic acids is 3. The Bertz CT molecular complexity index is 928. The molecule has 0 fully saturated rings. The molecular formula is C20H22N4O5. The zero-order valence-corrected chi connectivity index (χ0v) is 16.4. The highest BCUT2D eigenvalue weighted by atomic mass is 16.6. The largest absolute Gasteiger partial charge is 0.462 e. The van der Waals surface area contributed by atoms with E-state index >= 15 is 0 Å². The molecule has 9 heteroatoms. The van der Waals surface area contributed by atoms with Gasteiger partial charge in [0.25, 0.3) is 0 Å². The fourth-order valence-electron chi connectivity index (χ4n) is 3.15. The Morgan fingerprint density at radius 1 is 1.17 bits per heavy atom. The summed E-state index contributed by atoms with van der Waals surface area (Å²) in [7, 11) is 0. The molecule has 152 valence electrons. The monoisotopic (exact) mass is 398 g/mol. The molecule has 0 saturated heterocycles. The Kier molecular flexibility index (Phi) is 6.06. The van der Waals surface area contributed by atoms with Crippen LogP contribution in [0.4, 0.5) is 5.69 Å². The van der Waals surface area contributed by atoms with Crippen molar-refractivity contribution in [2.45, 2.75) is 27.2 Å². The number of benzene rings is 1. The normalized spacial score (nSPS) is 17.5. The predicted octanol–water partition coefficient (Wildman–Crippen LogP) is 1.84. The van der Waals surface area contributed by atoms with Crippen molar-refractivity contribution in [2.75, 3.05) is 18.5 Å². The maximum Gasteiger partial charge on any atom is 0.347 e. The Morgan fingerprint density at radius 3 is 2.48 bits per heavy atom. The van der Waals surface area contributed by atoms with Gasteiger partial charge in [-0.25, -0.2) is 20.0 Å². The summed E-state index contributed by atoms with van der Waals surface area (Å²) < 4.78 is 10.1. The van der Waals surface area contributed by atoms with Crippen LogP contribution in [0, 0.1) is 5.92 Å². The van der Waals surface area contributed by atoms with Crippen LogP contribution < -0.4 is 10.7 Å². The average molecular weight is 398 g/mol. The van der Waals surface area contributed by atoms with Crippen LogP contribution in [0.3, 0.4) is 0 Å². The quantitative estimate of drug-likeness (QED) is 0.338. The van der Waals surface area contributed by atoms with Crippen molar-refractivity contribution in [1.82, 2.24) is 5.43 Å². The summed E-state index contributed by atoms with van der Waals surface area (Å²) in [5, 5.41) is 7.19. The molecule has 0 saturated carbocycles. The van der Waals surface area contributed by atoms with Crippen molar-refractivity contribution in [3.05, 3.63) is 34.9 Å². The van der Waals surface area contributed by atoms with E-state index in [-0.39, 0.29) is 36.3 Å². The number of anilines is 1. The van der Waals surface area contributed by atoms with Gasteiger partial charge in [0.2, 0.25) is 5.91 Å². The molecule has 0 aromatic heterocycles. The van der Waals surface area contributed by atoms with Crippen LogP contribution in [-0.4, -0.2) is 43.1 Å². The lowest BCUT2D eigenvalue weighted by Gasteiger charge is -2.22. The maximum atomic E-state index is 12.4. The van der Waals surface area contributed by atoms with Gasteiger partial charge in [-0.1, -0.05) is 19.1 Å². The third-order valence-electron chi connectivity index (χ3n) is 4.44. The summed E-state index contributed by atoms with van der Waals surface area (Å²) in [6.45, 7) is 5.47. The number of hydrogen-bond acceptors (Lipinski definition) is 8. The number of esters is 2. The molecule has 1 aromatic rings. The van der Waals surface area contributed by atoms with Crippen molar-refractivity contribution in [2.24, 2.45) is 16.0 Å². The first-order valence-electron chi connectivity index (χ1n) is 9.35. The van der Waals surface area contributed by atoms with E-state index in [2.05, 4.69) is 20.8 Å². The lowest BCUT2D eigenvalue weighted by atomic mass is 9.92. The first kappa shape index (κ1) is 20.2. The Hall–Kier alpha value is -3.49. The molecule has 3 rings (SSSR count).